The Morgan fingerprint density at radius 3 is 2.74 bits per heavy atom. The van der Waals surface area contributed by atoms with Crippen LogP contribution in [0.4, 0.5) is 0 Å². The molecule has 1 atom stereocenters. The summed E-state index contributed by atoms with van der Waals surface area (Å²) >= 11 is 0. The van der Waals surface area contributed by atoms with E-state index in [2.05, 4.69) is 29.3 Å². The lowest BCUT2D eigenvalue weighted by Crippen LogP contribution is -2.25. The Kier molecular flexibility index (Phi) is 7.48. The van der Waals surface area contributed by atoms with Gasteiger partial charge in [0.25, 0.3) is 0 Å². The van der Waals surface area contributed by atoms with E-state index in [-0.39, 0.29) is 0 Å². The van der Waals surface area contributed by atoms with E-state index in [1.165, 1.54) is 5.56 Å². The molecule has 0 aliphatic rings. The molecule has 0 aliphatic heterocycles. The predicted molar refractivity (Wildman–Crippen MR) is 78.8 cm³/mol. The highest BCUT2D eigenvalue weighted by atomic mass is 16.5. The molecule has 4 heteroatoms. The van der Waals surface area contributed by atoms with E-state index >= 15 is 0 Å². The summed E-state index contributed by atoms with van der Waals surface area (Å²) in [6.45, 7) is 5.48. The lowest BCUT2D eigenvalue weighted by atomic mass is 10.1. The third-order valence-corrected chi connectivity index (χ3v) is 2.97. The summed E-state index contributed by atoms with van der Waals surface area (Å²) in [5, 5.41) is 3.44. The molecule has 0 fully saturated rings. The number of nitrogens with one attached hydrogen (secondary N) is 1. The summed E-state index contributed by atoms with van der Waals surface area (Å²) in [6, 6.07) is 8.44. The molecule has 0 heterocycles. The van der Waals surface area contributed by atoms with E-state index in [9.17, 15) is 0 Å². The summed E-state index contributed by atoms with van der Waals surface area (Å²) < 4.78 is 10.8. The largest absolute Gasteiger partial charge is 0.497 e. The van der Waals surface area contributed by atoms with Crippen molar-refractivity contribution in [2.24, 2.45) is 0 Å². The Morgan fingerprint density at radius 1 is 1.26 bits per heavy atom. The predicted octanol–water partition coefficient (Wildman–Crippen LogP) is 1.92. The van der Waals surface area contributed by atoms with E-state index < -0.39 is 0 Å². The maximum Gasteiger partial charge on any atom is 0.119 e. The Balaban J connectivity index is 2.21. The lowest BCUT2D eigenvalue weighted by molar-refractivity contribution is 0.118. The number of likely N-dealkylation sites (N-methyl/N-ethyl adjacent to an activating group) is 1. The van der Waals surface area contributed by atoms with Gasteiger partial charge in [-0.1, -0.05) is 12.1 Å². The van der Waals surface area contributed by atoms with E-state index in [4.69, 9.17) is 9.47 Å². The van der Waals surface area contributed by atoms with Crippen molar-refractivity contribution in [3.8, 4) is 5.75 Å². The minimum absolute atomic E-state index is 0.299. The molecule has 1 aromatic carbocycles. The maximum atomic E-state index is 5.55. The Bertz CT molecular complexity index is 356. The summed E-state index contributed by atoms with van der Waals surface area (Å²) in [5.74, 6) is 0.897. The summed E-state index contributed by atoms with van der Waals surface area (Å²) in [6.07, 6.45) is 0. The molecular formula is C15H26N2O2. The SMILES string of the molecule is COc1cccc(C(C)NCCOCCN(C)C)c1. The third kappa shape index (κ3) is 6.57. The first-order valence-electron chi connectivity index (χ1n) is 6.73. The lowest BCUT2D eigenvalue weighted by Gasteiger charge is -2.15. The molecule has 4 nitrogen and oxygen atoms in total. The van der Waals surface area contributed by atoms with Crippen molar-refractivity contribution in [3.05, 3.63) is 29.8 Å². The molecule has 1 aromatic rings. The van der Waals surface area contributed by atoms with Gasteiger partial charge >= 0.3 is 0 Å². The first-order chi connectivity index (χ1) is 9.13. The van der Waals surface area contributed by atoms with Crippen LogP contribution in [0.5, 0.6) is 5.75 Å². The van der Waals surface area contributed by atoms with Crippen LogP contribution in [0.2, 0.25) is 0 Å². The molecule has 1 unspecified atom stereocenters. The zero-order valence-corrected chi connectivity index (χ0v) is 12.5. The minimum atomic E-state index is 0.299. The molecular weight excluding hydrogens is 240 g/mol. The molecule has 0 amide bonds. The van der Waals surface area contributed by atoms with Crippen LogP contribution in [0.15, 0.2) is 24.3 Å². The van der Waals surface area contributed by atoms with E-state index in [0.29, 0.717) is 6.04 Å². The fourth-order valence-corrected chi connectivity index (χ4v) is 1.73. The van der Waals surface area contributed by atoms with E-state index in [1.807, 2.05) is 26.2 Å². The molecule has 0 spiro atoms. The molecule has 0 saturated carbocycles. The molecule has 0 bridgehead atoms. The van der Waals surface area contributed by atoms with Crippen molar-refractivity contribution >= 4 is 0 Å². The van der Waals surface area contributed by atoms with Gasteiger partial charge in [0.2, 0.25) is 0 Å². The van der Waals surface area contributed by atoms with Crippen LogP contribution in [0.3, 0.4) is 0 Å². The van der Waals surface area contributed by atoms with Crippen LogP contribution in [-0.2, 0) is 4.74 Å². The van der Waals surface area contributed by atoms with Crippen molar-refractivity contribution in [1.29, 1.82) is 0 Å². The van der Waals surface area contributed by atoms with Crippen LogP contribution in [0.25, 0.3) is 0 Å². The summed E-state index contributed by atoms with van der Waals surface area (Å²) in [5.41, 5.74) is 1.23. The van der Waals surface area contributed by atoms with Crippen molar-refractivity contribution in [2.45, 2.75) is 13.0 Å². The van der Waals surface area contributed by atoms with Gasteiger partial charge in [-0.05, 0) is 38.7 Å². The first kappa shape index (κ1) is 16.0. The number of methoxy groups -OCH3 is 1. The van der Waals surface area contributed by atoms with Gasteiger partial charge in [-0.2, -0.15) is 0 Å². The minimum Gasteiger partial charge on any atom is -0.497 e. The van der Waals surface area contributed by atoms with Crippen molar-refractivity contribution < 1.29 is 9.47 Å². The molecule has 1 rings (SSSR count). The molecule has 1 N–H and O–H groups in total. The standard InChI is InChI=1S/C15H26N2O2/c1-13(14-6-5-7-15(12-14)18-4)16-8-10-19-11-9-17(2)3/h5-7,12-13,16H,8-11H2,1-4H3. The van der Waals surface area contributed by atoms with Crippen molar-refractivity contribution in [1.82, 2.24) is 10.2 Å². The highest BCUT2D eigenvalue weighted by Crippen LogP contribution is 2.18. The average molecular weight is 266 g/mol. The van der Waals surface area contributed by atoms with Gasteiger partial charge < -0.3 is 19.7 Å². The van der Waals surface area contributed by atoms with Gasteiger partial charge in [0, 0.05) is 19.1 Å². The van der Waals surface area contributed by atoms with Crippen molar-refractivity contribution in [3.63, 3.8) is 0 Å². The summed E-state index contributed by atoms with van der Waals surface area (Å²) in [7, 11) is 5.79. The molecule has 0 radical (unpaired) electrons. The molecule has 108 valence electrons. The quantitative estimate of drug-likeness (QED) is 0.692. The smallest absolute Gasteiger partial charge is 0.119 e. The number of benzene rings is 1. The second-order valence-corrected chi connectivity index (χ2v) is 4.87. The maximum absolute atomic E-state index is 5.55. The molecule has 0 aromatic heterocycles. The molecule has 19 heavy (non-hydrogen) atoms. The van der Waals surface area contributed by atoms with Crippen LogP contribution in [0.1, 0.15) is 18.5 Å². The van der Waals surface area contributed by atoms with Crippen LogP contribution >= 0.6 is 0 Å². The molecule has 0 aliphatic carbocycles. The monoisotopic (exact) mass is 266 g/mol. The number of ether oxygens (including phenoxy) is 2. The number of nitrogens with zero attached hydrogens (tertiary/aromatic N) is 1. The highest BCUT2D eigenvalue weighted by Gasteiger charge is 2.05. The number of hydrogen-bond donors (Lipinski definition) is 1. The zero-order chi connectivity index (χ0) is 14.1. The Morgan fingerprint density at radius 2 is 2.05 bits per heavy atom. The first-order valence-corrected chi connectivity index (χ1v) is 6.73. The number of hydrogen-bond acceptors (Lipinski definition) is 4. The van der Waals surface area contributed by atoms with Crippen LogP contribution < -0.4 is 10.1 Å². The van der Waals surface area contributed by atoms with Gasteiger partial charge in [0.15, 0.2) is 0 Å². The number of rotatable bonds is 9. The fraction of sp³-hybridized carbons (Fsp3) is 0.600. The van der Waals surface area contributed by atoms with Crippen molar-refractivity contribution in [2.75, 3.05) is 47.5 Å². The van der Waals surface area contributed by atoms with Gasteiger partial charge in [0.05, 0.1) is 20.3 Å². The third-order valence-electron chi connectivity index (χ3n) is 2.97. The topological polar surface area (TPSA) is 33.7 Å². The summed E-state index contributed by atoms with van der Waals surface area (Å²) in [4.78, 5) is 2.12. The van der Waals surface area contributed by atoms with Crippen LogP contribution in [-0.4, -0.2) is 52.4 Å². The molecule has 0 saturated heterocycles. The van der Waals surface area contributed by atoms with Gasteiger partial charge in [-0.3, -0.25) is 0 Å². The van der Waals surface area contributed by atoms with Crippen LogP contribution in [0, 0.1) is 0 Å². The second kappa shape index (κ2) is 8.91. The van der Waals surface area contributed by atoms with Gasteiger partial charge in [-0.15, -0.1) is 0 Å². The normalized spacial score (nSPS) is 12.7. The van der Waals surface area contributed by atoms with Gasteiger partial charge in [-0.25, -0.2) is 0 Å². The second-order valence-electron chi connectivity index (χ2n) is 4.87. The van der Waals surface area contributed by atoms with Gasteiger partial charge in [0.1, 0.15) is 5.75 Å². The average Bonchev–Trinajstić information content (AvgIpc) is 2.42. The zero-order valence-electron chi connectivity index (χ0n) is 12.5. The fourth-order valence-electron chi connectivity index (χ4n) is 1.73. The van der Waals surface area contributed by atoms with E-state index in [0.717, 1.165) is 32.1 Å². The Hall–Kier alpha value is -1.10. The van der Waals surface area contributed by atoms with E-state index in [1.54, 1.807) is 7.11 Å². The highest BCUT2D eigenvalue weighted by molar-refractivity contribution is 5.30. The Labute approximate surface area is 116 Å².